The average Bonchev–Trinajstić information content (AvgIpc) is 3.05. The van der Waals surface area contributed by atoms with Crippen LogP contribution in [0.5, 0.6) is 0 Å². The summed E-state index contributed by atoms with van der Waals surface area (Å²) in [6.07, 6.45) is 5.26. The van der Waals surface area contributed by atoms with Crippen LogP contribution in [0.15, 0.2) is 22.3 Å². The summed E-state index contributed by atoms with van der Waals surface area (Å²) in [6, 6.07) is 0. The van der Waals surface area contributed by atoms with Gasteiger partial charge in [-0.3, -0.25) is 4.79 Å². The molecule has 3 heteroatoms. The van der Waals surface area contributed by atoms with E-state index < -0.39 is 0 Å². The predicted molar refractivity (Wildman–Crippen MR) is 76.8 cm³/mol. The minimum Gasteiger partial charge on any atom is -0.463 e. The molecular formula is C17H20O3. The van der Waals surface area contributed by atoms with Crippen molar-refractivity contribution in [2.45, 2.75) is 52.4 Å². The molecule has 106 valence electrons. The molecule has 0 radical (unpaired) electrons. The molecule has 0 heterocycles. The Balaban J connectivity index is 2.23. The summed E-state index contributed by atoms with van der Waals surface area (Å²) in [6.45, 7) is 3.80. The van der Waals surface area contributed by atoms with E-state index in [4.69, 9.17) is 4.74 Å². The van der Waals surface area contributed by atoms with E-state index >= 15 is 0 Å². The first-order valence-corrected chi connectivity index (χ1v) is 7.27. The lowest BCUT2D eigenvalue weighted by Gasteiger charge is -2.02. The van der Waals surface area contributed by atoms with Crippen LogP contribution in [0.2, 0.25) is 0 Å². The van der Waals surface area contributed by atoms with Crippen LogP contribution in [0.3, 0.4) is 0 Å². The fourth-order valence-electron chi connectivity index (χ4n) is 2.75. The Labute approximate surface area is 120 Å². The zero-order chi connectivity index (χ0) is 14.5. The molecule has 0 aromatic carbocycles. The minimum absolute atomic E-state index is 0.123. The molecule has 0 aliphatic heterocycles. The Bertz CT molecular complexity index is 553. The normalized spacial score (nSPS) is 18.1. The van der Waals surface area contributed by atoms with Gasteiger partial charge in [-0.2, -0.15) is 0 Å². The molecule has 0 amide bonds. The average molecular weight is 272 g/mol. The van der Waals surface area contributed by atoms with E-state index in [1.54, 1.807) is 13.8 Å². The summed E-state index contributed by atoms with van der Waals surface area (Å²) >= 11 is 0. The van der Waals surface area contributed by atoms with Crippen molar-refractivity contribution in [2.24, 2.45) is 0 Å². The van der Waals surface area contributed by atoms with Gasteiger partial charge < -0.3 is 4.74 Å². The lowest BCUT2D eigenvalue weighted by molar-refractivity contribution is -0.138. The van der Waals surface area contributed by atoms with Gasteiger partial charge in [-0.25, -0.2) is 4.79 Å². The molecule has 0 aromatic heterocycles. The standard InChI is InChI=1S/C17H20O3/c1-3-20-17(19)16-9-5-7-14(16)11-10-13-6-4-8-15(13)12(2)18/h3-9H2,1-2H3. The lowest BCUT2D eigenvalue weighted by atomic mass is 10.1. The summed E-state index contributed by atoms with van der Waals surface area (Å²) in [7, 11) is 0. The van der Waals surface area contributed by atoms with Gasteiger partial charge >= 0.3 is 5.97 Å². The molecule has 2 aliphatic carbocycles. The molecular weight excluding hydrogens is 252 g/mol. The van der Waals surface area contributed by atoms with Gasteiger partial charge in [0.15, 0.2) is 5.78 Å². The number of Topliss-reactive ketones (excluding diaryl/α,β-unsaturated/α-hetero) is 1. The summed E-state index contributed by atoms with van der Waals surface area (Å²) in [4.78, 5) is 23.3. The van der Waals surface area contributed by atoms with Crippen molar-refractivity contribution >= 4 is 11.8 Å². The van der Waals surface area contributed by atoms with Gasteiger partial charge in [0.2, 0.25) is 0 Å². The number of hydrogen-bond donors (Lipinski definition) is 0. The molecule has 0 aromatic rings. The lowest BCUT2D eigenvalue weighted by Crippen LogP contribution is -2.07. The van der Waals surface area contributed by atoms with Gasteiger partial charge in [0.1, 0.15) is 0 Å². The first kappa shape index (κ1) is 14.6. The number of allylic oxidation sites excluding steroid dienone is 3. The van der Waals surface area contributed by atoms with Gasteiger partial charge in [0.05, 0.1) is 6.61 Å². The fourth-order valence-corrected chi connectivity index (χ4v) is 2.75. The number of esters is 1. The molecule has 0 bridgehead atoms. The number of carbonyl (C=O) groups excluding carboxylic acids is 2. The van der Waals surface area contributed by atoms with Crippen LogP contribution in [0.1, 0.15) is 52.4 Å². The van der Waals surface area contributed by atoms with Gasteiger partial charge in [0.25, 0.3) is 0 Å². The maximum absolute atomic E-state index is 11.8. The zero-order valence-electron chi connectivity index (χ0n) is 12.2. The van der Waals surface area contributed by atoms with Crippen LogP contribution >= 0.6 is 0 Å². The second-order valence-corrected chi connectivity index (χ2v) is 5.15. The van der Waals surface area contributed by atoms with Crippen LogP contribution in [0.4, 0.5) is 0 Å². The van der Waals surface area contributed by atoms with Crippen LogP contribution in [0, 0.1) is 11.8 Å². The molecule has 3 nitrogen and oxygen atoms in total. The van der Waals surface area contributed by atoms with Crippen LogP contribution in [0.25, 0.3) is 0 Å². The minimum atomic E-state index is -0.235. The van der Waals surface area contributed by atoms with E-state index in [1.807, 2.05) is 0 Å². The van der Waals surface area contributed by atoms with Crippen molar-refractivity contribution in [3.05, 3.63) is 22.3 Å². The van der Waals surface area contributed by atoms with Gasteiger partial charge in [-0.05, 0) is 52.4 Å². The Morgan fingerprint density at radius 1 is 1.00 bits per heavy atom. The SMILES string of the molecule is CCOC(=O)C1=C(C#CC2=C(C(C)=O)CCC2)CCC1. The van der Waals surface area contributed by atoms with Crippen LogP contribution in [-0.2, 0) is 14.3 Å². The van der Waals surface area contributed by atoms with Crippen molar-refractivity contribution in [1.29, 1.82) is 0 Å². The zero-order valence-corrected chi connectivity index (χ0v) is 12.2. The second kappa shape index (κ2) is 6.56. The molecule has 0 saturated carbocycles. The first-order chi connectivity index (χ1) is 9.63. The monoisotopic (exact) mass is 272 g/mol. The fraction of sp³-hybridized carbons (Fsp3) is 0.529. The number of hydrogen-bond acceptors (Lipinski definition) is 3. The highest BCUT2D eigenvalue weighted by Gasteiger charge is 2.21. The number of ether oxygens (including phenoxy) is 1. The Kier molecular flexibility index (Phi) is 4.79. The highest BCUT2D eigenvalue weighted by molar-refractivity contribution is 5.95. The molecule has 0 saturated heterocycles. The maximum atomic E-state index is 11.8. The van der Waals surface area contributed by atoms with Crippen LogP contribution < -0.4 is 0 Å². The van der Waals surface area contributed by atoms with E-state index in [0.717, 1.165) is 60.8 Å². The molecule has 0 N–H and O–H groups in total. The van der Waals surface area contributed by atoms with Gasteiger partial charge in [-0.1, -0.05) is 11.8 Å². The molecule has 0 atom stereocenters. The summed E-state index contributed by atoms with van der Waals surface area (Å²) in [5, 5.41) is 0. The van der Waals surface area contributed by atoms with Gasteiger partial charge in [-0.15, -0.1) is 0 Å². The molecule has 2 rings (SSSR count). The number of carbonyl (C=O) groups is 2. The Morgan fingerprint density at radius 3 is 2.10 bits per heavy atom. The second-order valence-electron chi connectivity index (χ2n) is 5.15. The quantitative estimate of drug-likeness (QED) is 0.585. The van der Waals surface area contributed by atoms with E-state index in [1.165, 1.54) is 0 Å². The summed E-state index contributed by atoms with van der Waals surface area (Å²) in [5.41, 5.74) is 3.45. The van der Waals surface area contributed by atoms with Crippen molar-refractivity contribution in [3.8, 4) is 11.8 Å². The molecule has 0 fully saturated rings. The molecule has 0 spiro atoms. The predicted octanol–water partition coefficient (Wildman–Crippen LogP) is 3.10. The van der Waals surface area contributed by atoms with Crippen molar-refractivity contribution < 1.29 is 14.3 Å². The smallest absolute Gasteiger partial charge is 0.334 e. The summed E-state index contributed by atoms with van der Waals surface area (Å²) in [5.74, 6) is 6.13. The Hall–Kier alpha value is -1.82. The van der Waals surface area contributed by atoms with Gasteiger partial charge in [0, 0.05) is 22.3 Å². The highest BCUT2D eigenvalue weighted by Crippen LogP contribution is 2.28. The number of ketones is 1. The molecule has 2 aliphatic rings. The third kappa shape index (κ3) is 3.19. The summed E-state index contributed by atoms with van der Waals surface area (Å²) < 4.78 is 5.06. The van der Waals surface area contributed by atoms with Crippen molar-refractivity contribution in [2.75, 3.05) is 6.61 Å². The molecule has 0 unspecified atom stereocenters. The first-order valence-electron chi connectivity index (χ1n) is 7.27. The van der Waals surface area contributed by atoms with E-state index in [-0.39, 0.29) is 11.8 Å². The Morgan fingerprint density at radius 2 is 1.55 bits per heavy atom. The third-order valence-corrected chi connectivity index (χ3v) is 3.75. The number of rotatable bonds is 3. The van der Waals surface area contributed by atoms with E-state index in [9.17, 15) is 9.59 Å². The van der Waals surface area contributed by atoms with Crippen molar-refractivity contribution in [3.63, 3.8) is 0 Å². The van der Waals surface area contributed by atoms with Crippen LogP contribution in [-0.4, -0.2) is 18.4 Å². The highest BCUT2D eigenvalue weighted by atomic mass is 16.5. The maximum Gasteiger partial charge on any atom is 0.334 e. The third-order valence-electron chi connectivity index (χ3n) is 3.75. The largest absolute Gasteiger partial charge is 0.463 e. The molecule has 20 heavy (non-hydrogen) atoms. The van der Waals surface area contributed by atoms with E-state index in [0.29, 0.717) is 6.61 Å². The topological polar surface area (TPSA) is 43.4 Å². The van der Waals surface area contributed by atoms with Crippen molar-refractivity contribution in [1.82, 2.24) is 0 Å². The van der Waals surface area contributed by atoms with E-state index in [2.05, 4.69) is 11.8 Å².